The lowest BCUT2D eigenvalue weighted by molar-refractivity contribution is 0.107. The minimum absolute atomic E-state index is 0.259. The first-order valence-electron chi connectivity index (χ1n) is 5.32. The second-order valence-electron chi connectivity index (χ2n) is 3.84. The van der Waals surface area contributed by atoms with E-state index in [1.165, 1.54) is 0 Å². The van der Waals surface area contributed by atoms with Gasteiger partial charge in [-0.1, -0.05) is 25.1 Å². The molecule has 0 fully saturated rings. The zero-order valence-corrected chi connectivity index (χ0v) is 10.0. The highest BCUT2D eigenvalue weighted by molar-refractivity contribution is 6.68. The number of hydrogen-bond donors (Lipinski definition) is 0. The summed E-state index contributed by atoms with van der Waals surface area (Å²) in [6.45, 7) is 4.16. The zero-order chi connectivity index (χ0) is 11.7. The number of para-hydroxylation sites is 1. The van der Waals surface area contributed by atoms with Crippen molar-refractivity contribution in [3.63, 3.8) is 0 Å². The number of aromatic nitrogens is 2. The van der Waals surface area contributed by atoms with Crippen molar-refractivity contribution in [2.75, 3.05) is 0 Å². The van der Waals surface area contributed by atoms with Crippen LogP contribution in [0.4, 0.5) is 0 Å². The Kier molecular flexibility index (Phi) is 2.97. The molecular formula is C12H13ClN2O. The van der Waals surface area contributed by atoms with Gasteiger partial charge >= 0.3 is 0 Å². The number of hydrogen-bond acceptors (Lipinski definition) is 2. The summed E-state index contributed by atoms with van der Waals surface area (Å²) < 4.78 is 1.87. The third kappa shape index (κ3) is 1.71. The summed E-state index contributed by atoms with van der Waals surface area (Å²) in [4.78, 5) is 11.3. The molecule has 0 unspecified atom stereocenters. The summed E-state index contributed by atoms with van der Waals surface area (Å²) in [7, 11) is 0. The molecule has 2 rings (SSSR count). The Morgan fingerprint density at radius 3 is 2.81 bits per heavy atom. The SMILES string of the molecule is CC[C@H](C)n1nc(C(=O)Cl)c2ccccc21. The van der Waals surface area contributed by atoms with Crippen LogP contribution in [0, 0.1) is 0 Å². The van der Waals surface area contributed by atoms with Crippen molar-refractivity contribution >= 4 is 27.7 Å². The van der Waals surface area contributed by atoms with Crippen LogP contribution in [-0.4, -0.2) is 15.0 Å². The van der Waals surface area contributed by atoms with E-state index >= 15 is 0 Å². The number of nitrogens with zero attached hydrogens (tertiary/aromatic N) is 2. The molecule has 0 radical (unpaired) electrons. The van der Waals surface area contributed by atoms with Gasteiger partial charge < -0.3 is 0 Å². The number of halogens is 1. The minimum Gasteiger partial charge on any atom is -0.274 e. The van der Waals surface area contributed by atoms with E-state index in [4.69, 9.17) is 11.6 Å². The summed E-state index contributed by atoms with van der Waals surface area (Å²) in [6.07, 6.45) is 0.960. The molecule has 0 N–H and O–H groups in total. The summed E-state index contributed by atoms with van der Waals surface area (Å²) in [5.41, 5.74) is 1.30. The number of rotatable bonds is 3. The van der Waals surface area contributed by atoms with Crippen LogP contribution in [0.1, 0.15) is 36.8 Å². The topological polar surface area (TPSA) is 34.9 Å². The van der Waals surface area contributed by atoms with Gasteiger partial charge in [-0.2, -0.15) is 5.10 Å². The number of benzene rings is 1. The van der Waals surface area contributed by atoms with Crippen molar-refractivity contribution in [3.8, 4) is 0 Å². The molecule has 16 heavy (non-hydrogen) atoms. The highest BCUT2D eigenvalue weighted by Gasteiger charge is 2.16. The first-order chi connectivity index (χ1) is 7.65. The van der Waals surface area contributed by atoms with Crippen molar-refractivity contribution in [2.45, 2.75) is 26.3 Å². The highest BCUT2D eigenvalue weighted by Crippen LogP contribution is 2.23. The molecule has 3 nitrogen and oxygen atoms in total. The fourth-order valence-electron chi connectivity index (χ4n) is 1.74. The average molecular weight is 237 g/mol. The number of carbonyl (C=O) groups is 1. The van der Waals surface area contributed by atoms with Gasteiger partial charge in [0.1, 0.15) is 0 Å². The van der Waals surface area contributed by atoms with E-state index in [-0.39, 0.29) is 6.04 Å². The van der Waals surface area contributed by atoms with Crippen molar-refractivity contribution < 1.29 is 4.79 Å². The van der Waals surface area contributed by atoms with Gasteiger partial charge in [-0.25, -0.2) is 0 Å². The van der Waals surface area contributed by atoms with Crippen molar-refractivity contribution in [3.05, 3.63) is 30.0 Å². The monoisotopic (exact) mass is 236 g/mol. The van der Waals surface area contributed by atoms with Crippen LogP contribution < -0.4 is 0 Å². The molecule has 0 saturated carbocycles. The molecule has 1 aromatic carbocycles. The normalized spacial score (nSPS) is 12.9. The van der Waals surface area contributed by atoms with Crippen molar-refractivity contribution in [2.24, 2.45) is 0 Å². The molecular weight excluding hydrogens is 224 g/mol. The molecule has 0 aliphatic rings. The zero-order valence-electron chi connectivity index (χ0n) is 9.27. The predicted octanol–water partition coefficient (Wildman–Crippen LogP) is 3.39. The third-order valence-electron chi connectivity index (χ3n) is 2.81. The smallest absolute Gasteiger partial charge is 0.273 e. The van der Waals surface area contributed by atoms with Crippen LogP contribution in [0.3, 0.4) is 0 Å². The van der Waals surface area contributed by atoms with Gasteiger partial charge in [0.05, 0.1) is 5.52 Å². The minimum atomic E-state index is -0.502. The highest BCUT2D eigenvalue weighted by atomic mass is 35.5. The van der Waals surface area contributed by atoms with Gasteiger partial charge in [0, 0.05) is 11.4 Å². The lowest BCUT2D eigenvalue weighted by Gasteiger charge is -2.09. The van der Waals surface area contributed by atoms with Crippen molar-refractivity contribution in [1.29, 1.82) is 0 Å². The molecule has 2 aromatic rings. The van der Waals surface area contributed by atoms with Crippen LogP contribution in [-0.2, 0) is 0 Å². The fraction of sp³-hybridized carbons (Fsp3) is 0.333. The van der Waals surface area contributed by atoms with E-state index < -0.39 is 5.24 Å². The molecule has 1 heterocycles. The Hall–Kier alpha value is -1.35. The van der Waals surface area contributed by atoms with Crippen LogP contribution in [0.2, 0.25) is 0 Å². The number of carbonyl (C=O) groups excluding carboxylic acids is 1. The average Bonchev–Trinajstić information content (AvgIpc) is 2.67. The quantitative estimate of drug-likeness (QED) is 0.766. The van der Waals surface area contributed by atoms with E-state index in [9.17, 15) is 4.79 Å². The van der Waals surface area contributed by atoms with Gasteiger partial charge in [0.25, 0.3) is 5.24 Å². The standard InChI is InChI=1S/C12H13ClN2O/c1-3-8(2)15-10-7-5-4-6-9(10)11(14-15)12(13)16/h4-8H,3H2,1-2H3/t8-/m0/s1. The Balaban J connectivity index is 2.71. The van der Waals surface area contributed by atoms with Crippen LogP contribution in [0.25, 0.3) is 10.9 Å². The van der Waals surface area contributed by atoms with Crippen LogP contribution >= 0.6 is 11.6 Å². The molecule has 0 bridgehead atoms. The molecule has 0 amide bonds. The predicted molar refractivity (Wildman–Crippen MR) is 64.9 cm³/mol. The van der Waals surface area contributed by atoms with Gasteiger partial charge in [0.2, 0.25) is 0 Å². The second-order valence-corrected chi connectivity index (χ2v) is 4.18. The van der Waals surface area contributed by atoms with E-state index in [0.29, 0.717) is 5.69 Å². The van der Waals surface area contributed by atoms with Crippen LogP contribution in [0.5, 0.6) is 0 Å². The van der Waals surface area contributed by atoms with Gasteiger partial charge in [-0.15, -0.1) is 0 Å². The molecule has 1 aromatic heterocycles. The third-order valence-corrected chi connectivity index (χ3v) is 2.99. The lowest BCUT2D eigenvalue weighted by atomic mass is 10.2. The van der Waals surface area contributed by atoms with Crippen LogP contribution in [0.15, 0.2) is 24.3 Å². The maximum Gasteiger partial charge on any atom is 0.273 e. The Morgan fingerprint density at radius 2 is 2.19 bits per heavy atom. The molecule has 4 heteroatoms. The van der Waals surface area contributed by atoms with E-state index in [0.717, 1.165) is 17.3 Å². The first-order valence-corrected chi connectivity index (χ1v) is 5.70. The summed E-state index contributed by atoms with van der Waals surface area (Å²) in [6, 6.07) is 7.91. The van der Waals surface area contributed by atoms with Gasteiger partial charge in [-0.05, 0) is 31.0 Å². The second kappa shape index (κ2) is 4.26. The molecule has 84 valence electrons. The van der Waals surface area contributed by atoms with Crippen molar-refractivity contribution in [1.82, 2.24) is 9.78 Å². The molecule has 0 spiro atoms. The van der Waals surface area contributed by atoms with Gasteiger partial charge in [0.15, 0.2) is 5.69 Å². The van der Waals surface area contributed by atoms with E-state index in [1.807, 2.05) is 28.9 Å². The molecule has 0 saturated heterocycles. The summed E-state index contributed by atoms with van der Waals surface area (Å²) in [5, 5.41) is 4.62. The first kappa shape index (κ1) is 11.1. The number of fused-ring (bicyclic) bond motifs is 1. The molecule has 1 atom stereocenters. The lowest BCUT2D eigenvalue weighted by Crippen LogP contribution is -2.06. The maximum atomic E-state index is 11.3. The van der Waals surface area contributed by atoms with Gasteiger partial charge in [-0.3, -0.25) is 9.48 Å². The van der Waals surface area contributed by atoms with E-state index in [2.05, 4.69) is 18.9 Å². The summed E-state index contributed by atoms with van der Waals surface area (Å²) in [5.74, 6) is 0. The largest absolute Gasteiger partial charge is 0.274 e. The fourth-order valence-corrected chi connectivity index (χ4v) is 1.88. The molecule has 0 aliphatic heterocycles. The Bertz CT molecular complexity index is 533. The summed E-state index contributed by atoms with van der Waals surface area (Å²) >= 11 is 5.53. The Labute approximate surface area is 99.0 Å². The maximum absolute atomic E-state index is 11.3. The molecule has 0 aliphatic carbocycles. The van der Waals surface area contributed by atoms with E-state index in [1.54, 1.807) is 0 Å². The Morgan fingerprint density at radius 1 is 1.50 bits per heavy atom.